The average Bonchev–Trinajstić information content (AvgIpc) is 3.14. The first kappa shape index (κ1) is 29.0. The number of benzene rings is 1. The number of alkyl carbamates (subject to hydrolysis) is 1. The molecule has 1 saturated heterocycles. The molecule has 2 atom stereocenters. The number of aromatic nitrogens is 1. The number of hydrogen-bond donors (Lipinski definition) is 3. The molecule has 1 amide bonds. The molecule has 1 aliphatic heterocycles. The van der Waals surface area contributed by atoms with Crippen LogP contribution in [-0.2, 0) is 20.9 Å². The number of amidine groups is 1. The number of amides is 1. The summed E-state index contributed by atoms with van der Waals surface area (Å²) in [6.45, 7) is 3.83. The summed E-state index contributed by atoms with van der Waals surface area (Å²) >= 11 is 0. The smallest absolute Gasteiger partial charge is 0.408 e. The minimum absolute atomic E-state index is 0.153. The van der Waals surface area contributed by atoms with Crippen LogP contribution in [0, 0.1) is 0 Å². The Labute approximate surface area is 217 Å². The first-order valence-corrected chi connectivity index (χ1v) is 11.9. The number of nitrogens with zero attached hydrogens (tertiary/aromatic N) is 3. The molecule has 0 radical (unpaired) electrons. The Morgan fingerprint density at radius 1 is 1.24 bits per heavy atom. The summed E-state index contributed by atoms with van der Waals surface area (Å²) in [6.07, 6.45) is -6.12. The first-order valence-electron chi connectivity index (χ1n) is 11.9. The van der Waals surface area contributed by atoms with E-state index in [1.54, 1.807) is 32.9 Å². The fourth-order valence-corrected chi connectivity index (χ4v) is 4.03. The number of rotatable bonds is 7. The van der Waals surface area contributed by atoms with Gasteiger partial charge in [0, 0.05) is 24.2 Å². The maximum Gasteiger partial charge on any atom is 0.408 e. The van der Waals surface area contributed by atoms with Crippen molar-refractivity contribution in [1.29, 1.82) is 0 Å². The van der Waals surface area contributed by atoms with Crippen molar-refractivity contribution in [3.05, 3.63) is 30.0 Å². The van der Waals surface area contributed by atoms with Gasteiger partial charge in [-0.15, -0.1) is 0 Å². The number of carbonyl (C=O) groups is 2. The van der Waals surface area contributed by atoms with Gasteiger partial charge >= 0.3 is 18.2 Å². The Hall–Kier alpha value is -3.55. The van der Waals surface area contributed by atoms with E-state index in [9.17, 15) is 27.2 Å². The molecule has 210 valence electrons. The molecule has 0 unspecified atom stereocenters. The van der Waals surface area contributed by atoms with Crippen molar-refractivity contribution in [3.63, 3.8) is 0 Å². The summed E-state index contributed by atoms with van der Waals surface area (Å²) in [7, 11) is 1.82. The topological polar surface area (TPSA) is 123 Å². The van der Waals surface area contributed by atoms with E-state index in [4.69, 9.17) is 10.5 Å². The molecule has 1 fully saturated rings. The van der Waals surface area contributed by atoms with E-state index >= 15 is 0 Å². The SMILES string of the molecule is CN1CC[C@@H](Nc2cccc3c2cc(C(N)=NOC(=O)CNC(=O)OC(C)(C)C)n3CC(F)(F)F)[C@@H](F)C1. The van der Waals surface area contributed by atoms with Crippen LogP contribution in [0.3, 0.4) is 0 Å². The number of anilines is 1. The summed E-state index contributed by atoms with van der Waals surface area (Å²) in [6, 6.07) is 5.53. The Balaban J connectivity index is 1.83. The number of hydrogen-bond acceptors (Lipinski definition) is 7. The van der Waals surface area contributed by atoms with Crippen LogP contribution in [0.2, 0.25) is 0 Å². The van der Waals surface area contributed by atoms with E-state index in [1.807, 2.05) is 11.9 Å². The van der Waals surface area contributed by atoms with E-state index in [0.29, 0.717) is 24.0 Å². The minimum atomic E-state index is -4.60. The molecule has 14 heteroatoms. The molecule has 0 saturated carbocycles. The third-order valence-electron chi connectivity index (χ3n) is 5.65. The highest BCUT2D eigenvalue weighted by atomic mass is 19.4. The van der Waals surface area contributed by atoms with Gasteiger partial charge in [0.1, 0.15) is 24.9 Å². The molecular formula is C24H32F4N6O4. The Morgan fingerprint density at radius 3 is 2.58 bits per heavy atom. The number of ether oxygens (including phenoxy) is 1. The van der Waals surface area contributed by atoms with Gasteiger partial charge in [-0.05, 0) is 52.4 Å². The maximum absolute atomic E-state index is 14.6. The number of alkyl halides is 4. The second-order valence-corrected chi connectivity index (χ2v) is 10.1. The molecular weight excluding hydrogens is 512 g/mol. The number of piperidine rings is 1. The highest BCUT2D eigenvalue weighted by Gasteiger charge is 2.32. The van der Waals surface area contributed by atoms with Crippen molar-refractivity contribution in [1.82, 2.24) is 14.8 Å². The minimum Gasteiger partial charge on any atom is -0.444 e. The van der Waals surface area contributed by atoms with Crippen molar-refractivity contribution in [3.8, 4) is 0 Å². The highest BCUT2D eigenvalue weighted by molar-refractivity contribution is 6.04. The number of fused-ring (bicyclic) bond motifs is 1. The highest BCUT2D eigenvalue weighted by Crippen LogP contribution is 2.31. The largest absolute Gasteiger partial charge is 0.444 e. The number of oxime groups is 1. The molecule has 2 heterocycles. The molecule has 10 nitrogen and oxygen atoms in total. The molecule has 2 aromatic rings. The molecule has 0 aliphatic carbocycles. The van der Waals surface area contributed by atoms with Crippen molar-refractivity contribution < 1.29 is 36.7 Å². The van der Waals surface area contributed by atoms with E-state index in [1.165, 1.54) is 12.1 Å². The fourth-order valence-electron chi connectivity index (χ4n) is 4.03. The van der Waals surface area contributed by atoms with Crippen LogP contribution in [0.25, 0.3) is 10.9 Å². The fraction of sp³-hybridized carbons (Fsp3) is 0.542. The predicted molar refractivity (Wildman–Crippen MR) is 133 cm³/mol. The van der Waals surface area contributed by atoms with Crippen LogP contribution >= 0.6 is 0 Å². The quantitative estimate of drug-likeness (QED) is 0.161. The average molecular weight is 545 g/mol. The van der Waals surface area contributed by atoms with Crippen LogP contribution in [0.5, 0.6) is 0 Å². The number of nitrogens with one attached hydrogen (secondary N) is 2. The van der Waals surface area contributed by atoms with Crippen molar-refractivity contribution in [2.24, 2.45) is 10.9 Å². The second kappa shape index (κ2) is 11.5. The van der Waals surface area contributed by atoms with Crippen LogP contribution < -0.4 is 16.4 Å². The number of likely N-dealkylation sites (tertiary alicyclic amines) is 1. The normalized spacial score (nSPS) is 19.3. The van der Waals surface area contributed by atoms with Crippen molar-refractivity contribution in [2.45, 2.75) is 57.7 Å². The van der Waals surface area contributed by atoms with Gasteiger partial charge in [0.15, 0.2) is 5.84 Å². The van der Waals surface area contributed by atoms with Gasteiger partial charge in [-0.1, -0.05) is 11.2 Å². The van der Waals surface area contributed by atoms with Crippen LogP contribution in [-0.4, -0.2) is 78.0 Å². The lowest BCUT2D eigenvalue weighted by Crippen LogP contribution is -2.46. The van der Waals surface area contributed by atoms with E-state index in [-0.39, 0.29) is 17.8 Å². The van der Waals surface area contributed by atoms with Gasteiger partial charge in [0.05, 0.1) is 17.3 Å². The van der Waals surface area contributed by atoms with Gasteiger partial charge in [-0.25, -0.2) is 14.0 Å². The Bertz CT molecular complexity index is 1190. The first-order chi connectivity index (χ1) is 17.6. The molecule has 0 bridgehead atoms. The molecule has 3 rings (SSSR count). The lowest BCUT2D eigenvalue weighted by molar-refractivity contribution is -0.143. The zero-order valence-corrected chi connectivity index (χ0v) is 21.6. The van der Waals surface area contributed by atoms with Gasteiger partial charge < -0.3 is 35.4 Å². The molecule has 38 heavy (non-hydrogen) atoms. The van der Waals surface area contributed by atoms with Gasteiger partial charge in [-0.2, -0.15) is 13.2 Å². The molecule has 1 aliphatic rings. The number of nitrogens with two attached hydrogens (primary N) is 1. The Kier molecular flexibility index (Phi) is 8.75. The molecule has 1 aromatic carbocycles. The third-order valence-corrected chi connectivity index (χ3v) is 5.65. The van der Waals surface area contributed by atoms with Gasteiger partial charge in [0.2, 0.25) is 0 Å². The van der Waals surface area contributed by atoms with E-state index in [0.717, 1.165) is 4.57 Å². The lowest BCUT2D eigenvalue weighted by atomic mass is 10.0. The Morgan fingerprint density at radius 2 is 1.95 bits per heavy atom. The summed E-state index contributed by atoms with van der Waals surface area (Å²) in [5, 5.41) is 9.14. The molecule has 0 spiro atoms. The zero-order chi connectivity index (χ0) is 28.3. The van der Waals surface area contributed by atoms with Gasteiger partial charge in [-0.3, -0.25) is 0 Å². The second-order valence-electron chi connectivity index (χ2n) is 10.1. The van der Waals surface area contributed by atoms with Crippen LogP contribution in [0.4, 0.5) is 28.0 Å². The summed E-state index contributed by atoms with van der Waals surface area (Å²) in [4.78, 5) is 30.2. The van der Waals surface area contributed by atoms with E-state index < -0.39 is 55.0 Å². The third kappa shape index (κ3) is 7.97. The van der Waals surface area contributed by atoms with Gasteiger partial charge in [0.25, 0.3) is 0 Å². The standard InChI is InChI=1S/C24H32F4N6O4/c1-23(2,3)37-22(36)30-11-20(35)38-32-21(29)19-10-14-16(31-17-8-9-33(4)12-15(17)25)6-5-7-18(14)34(19)13-24(26,27)28/h5-7,10,15,17,31H,8-9,11-13H2,1-4H3,(H2,29,32)(H,30,36)/t15-,17+/m0/s1. The van der Waals surface area contributed by atoms with Crippen molar-refractivity contribution >= 4 is 34.5 Å². The predicted octanol–water partition coefficient (Wildman–Crippen LogP) is 3.35. The number of carbonyl (C=O) groups excluding carboxylic acids is 2. The van der Waals surface area contributed by atoms with Crippen LogP contribution in [0.1, 0.15) is 32.9 Å². The summed E-state index contributed by atoms with van der Waals surface area (Å²) < 4.78 is 60.9. The number of halogens is 4. The maximum atomic E-state index is 14.6. The summed E-state index contributed by atoms with van der Waals surface area (Å²) in [5.74, 6) is -1.51. The lowest BCUT2D eigenvalue weighted by Gasteiger charge is -2.33. The van der Waals surface area contributed by atoms with E-state index in [2.05, 4.69) is 20.6 Å². The molecule has 1 aromatic heterocycles. The summed E-state index contributed by atoms with van der Waals surface area (Å²) in [5.41, 5.74) is 5.61. The van der Waals surface area contributed by atoms with Crippen molar-refractivity contribution in [2.75, 3.05) is 32.0 Å². The molecule has 4 N–H and O–H groups in total. The zero-order valence-electron chi connectivity index (χ0n) is 21.6. The van der Waals surface area contributed by atoms with Crippen LogP contribution in [0.15, 0.2) is 29.4 Å². The monoisotopic (exact) mass is 544 g/mol.